The van der Waals surface area contributed by atoms with E-state index in [2.05, 4.69) is 24.9 Å². The van der Waals surface area contributed by atoms with Crippen molar-refractivity contribution in [2.24, 2.45) is 0 Å². The van der Waals surface area contributed by atoms with Crippen LogP contribution in [-0.2, 0) is 31.5 Å². The van der Waals surface area contributed by atoms with E-state index in [1.807, 2.05) is 0 Å². The van der Waals surface area contributed by atoms with Crippen molar-refractivity contribution < 1.29 is 31.5 Å². The molecule has 0 saturated carbocycles. The first kappa shape index (κ1) is 16.6. The van der Waals surface area contributed by atoms with Gasteiger partial charge in [-0.1, -0.05) is 0 Å². The monoisotopic (exact) mass is 274 g/mol. The predicted molar refractivity (Wildman–Crippen MR) is 16.1 cm³/mol. The van der Waals surface area contributed by atoms with E-state index in [4.69, 9.17) is 0 Å². The summed E-state index contributed by atoms with van der Waals surface area (Å²) in [6.45, 7) is 0. The third-order valence-electron chi connectivity index (χ3n) is 0. The molecule has 0 amide bonds. The third kappa shape index (κ3) is 8.97. The number of hydrogen-bond acceptors (Lipinski definition) is 1. The van der Waals surface area contributed by atoms with Gasteiger partial charge in [0.2, 0.25) is 0 Å². The molecule has 0 heterocycles. The molecule has 0 aliphatic heterocycles. The van der Waals surface area contributed by atoms with E-state index in [1.165, 1.54) is 0 Å². The second kappa shape index (κ2) is 19.7. The molecule has 28 valence electrons. The Hall–Kier alpha value is 2.05. The summed E-state index contributed by atoms with van der Waals surface area (Å²) in [7, 11) is 3.90. The van der Waals surface area contributed by atoms with Gasteiger partial charge in [0, 0.05) is 17.1 Å². The molecule has 0 aromatic rings. The molecule has 1 radical (unpaired) electrons. The van der Waals surface area contributed by atoms with Gasteiger partial charge in [-0.3, -0.25) is 0 Å². The van der Waals surface area contributed by atoms with E-state index < -0.39 is 0 Å². The van der Waals surface area contributed by atoms with Crippen molar-refractivity contribution in [1.82, 2.24) is 0 Å². The topological polar surface area (TPSA) is 0 Å². The summed E-state index contributed by atoms with van der Waals surface area (Å²) in [5, 5.41) is 0. The number of rotatable bonds is 0. The normalized spacial score (nSPS) is 1.00. The van der Waals surface area contributed by atoms with Crippen LogP contribution in [0.15, 0.2) is 0 Å². The molecule has 0 bridgehead atoms. The standard InChI is InChI=1S/2Mn.S.H2Te/h;;;1H2. The quantitative estimate of drug-likeness (QED) is 0.547. The average molecular weight is 272 g/mol. The molecule has 0 saturated heterocycles. The molecule has 0 aromatic carbocycles. The van der Waals surface area contributed by atoms with Crippen molar-refractivity contribution in [3.63, 3.8) is 0 Å². The van der Waals surface area contributed by atoms with Gasteiger partial charge < -0.3 is 0 Å². The van der Waals surface area contributed by atoms with Crippen molar-refractivity contribution in [1.29, 1.82) is 0 Å². The van der Waals surface area contributed by atoms with Crippen LogP contribution in [-0.4, -0.2) is 23.7 Å². The van der Waals surface area contributed by atoms with Gasteiger partial charge in [-0.05, 0) is 0 Å². The average Bonchev–Trinajstić information content (AvgIpc) is 1.00. The van der Waals surface area contributed by atoms with Crippen LogP contribution < -0.4 is 0 Å². The van der Waals surface area contributed by atoms with Gasteiger partial charge in [-0.25, -0.2) is 0 Å². The Kier molecular flexibility index (Phi) is 81.8. The fourth-order valence-electron chi connectivity index (χ4n) is 0. The van der Waals surface area contributed by atoms with Gasteiger partial charge in [-0.15, -0.1) is 0 Å². The van der Waals surface area contributed by atoms with Gasteiger partial charge in [0.15, 0.2) is 0 Å². The Morgan fingerprint density at radius 3 is 1.25 bits per heavy atom. The SMILES string of the molecule is [Mn].[S]=[Mn].[TeH2]. The maximum absolute atomic E-state index is 3.90. The molecule has 0 atom stereocenters. The molecule has 0 aromatic heterocycles. The molecule has 0 N–H and O–H groups in total. The van der Waals surface area contributed by atoms with Crippen LogP contribution >= 0.6 is 10.6 Å². The van der Waals surface area contributed by atoms with Crippen LogP contribution in [0, 0.1) is 0 Å². The molecule has 0 spiro atoms. The Labute approximate surface area is 65.0 Å². The molecule has 4 heavy (non-hydrogen) atoms. The van der Waals surface area contributed by atoms with Crippen molar-refractivity contribution in [3.8, 4) is 0 Å². The van der Waals surface area contributed by atoms with Crippen LogP contribution in [0.5, 0.6) is 0 Å². The van der Waals surface area contributed by atoms with E-state index in [0.717, 1.165) is 0 Å². The van der Waals surface area contributed by atoms with Crippen molar-refractivity contribution in [2.75, 3.05) is 0 Å². The second-order valence-corrected chi connectivity index (χ2v) is 0. The van der Waals surface area contributed by atoms with Crippen molar-refractivity contribution >= 4 is 34.2 Å². The van der Waals surface area contributed by atoms with Gasteiger partial charge in [0.05, 0.1) is 0 Å². The fourth-order valence-corrected chi connectivity index (χ4v) is 0. The summed E-state index contributed by atoms with van der Waals surface area (Å²) in [5.74, 6) is 0. The van der Waals surface area contributed by atoms with Crippen LogP contribution in [0.1, 0.15) is 0 Å². The minimum atomic E-state index is 0. The van der Waals surface area contributed by atoms with E-state index >= 15 is 0 Å². The molecule has 0 fully saturated rings. The summed E-state index contributed by atoms with van der Waals surface area (Å²) in [5.41, 5.74) is 0. The molecule has 0 unspecified atom stereocenters. The Bertz CT molecular complexity index is 6.00. The molecular weight excluding hydrogens is 270 g/mol. The molecule has 4 heteroatoms. The zero-order valence-corrected chi connectivity index (χ0v) is 7.70. The summed E-state index contributed by atoms with van der Waals surface area (Å²) in [6, 6.07) is 0. The van der Waals surface area contributed by atoms with Crippen LogP contribution in [0.25, 0.3) is 0 Å². The molecular formula is H2Mn2STe. The summed E-state index contributed by atoms with van der Waals surface area (Å²) in [6.07, 6.45) is 0. The Morgan fingerprint density at radius 1 is 1.25 bits per heavy atom. The summed E-state index contributed by atoms with van der Waals surface area (Å²) >= 11 is 2.52. The van der Waals surface area contributed by atoms with Crippen LogP contribution in [0.2, 0.25) is 0 Å². The Balaban J connectivity index is -0.00000000500. The third-order valence-corrected chi connectivity index (χ3v) is 0. The van der Waals surface area contributed by atoms with Crippen molar-refractivity contribution in [3.05, 3.63) is 0 Å². The second-order valence-electron chi connectivity index (χ2n) is 0. The zero-order valence-electron chi connectivity index (χ0n) is 1.66. The first-order valence-corrected chi connectivity index (χ1v) is 1.91. The van der Waals surface area contributed by atoms with Crippen molar-refractivity contribution in [2.45, 2.75) is 0 Å². The van der Waals surface area contributed by atoms with Crippen LogP contribution in [0.4, 0.5) is 0 Å². The molecule has 0 aliphatic rings. The molecule has 0 nitrogen and oxygen atoms in total. The first-order valence-electron chi connectivity index (χ1n) is 0.154. The fraction of sp³-hybridized carbons (Fsp3) is 0. The minimum absolute atomic E-state index is 0. The van der Waals surface area contributed by atoms with Gasteiger partial charge in [0.1, 0.15) is 0 Å². The maximum atomic E-state index is 3.90. The summed E-state index contributed by atoms with van der Waals surface area (Å²) < 4.78 is 0. The molecule has 0 aliphatic carbocycles. The van der Waals surface area contributed by atoms with Gasteiger partial charge >= 0.3 is 48.6 Å². The predicted octanol–water partition coefficient (Wildman–Crippen LogP) is -0.273. The van der Waals surface area contributed by atoms with E-state index in [-0.39, 0.29) is 40.7 Å². The number of hydrogen-bond donors (Lipinski definition) is 0. The van der Waals surface area contributed by atoms with Gasteiger partial charge in [-0.2, -0.15) is 0 Å². The molecule has 0 rings (SSSR count). The Morgan fingerprint density at radius 2 is 1.25 bits per heavy atom. The zero-order chi connectivity index (χ0) is 2.00. The van der Waals surface area contributed by atoms with Gasteiger partial charge in [0.25, 0.3) is 0 Å². The van der Waals surface area contributed by atoms with E-state index in [1.54, 1.807) is 0 Å². The van der Waals surface area contributed by atoms with E-state index in [9.17, 15) is 0 Å². The van der Waals surface area contributed by atoms with E-state index in [0.29, 0.717) is 0 Å². The first-order chi connectivity index (χ1) is 1.00. The van der Waals surface area contributed by atoms with Crippen LogP contribution in [0.3, 0.4) is 0 Å². The summed E-state index contributed by atoms with van der Waals surface area (Å²) in [4.78, 5) is 0.